The molecule has 4 rings (SSSR count). The van der Waals surface area contributed by atoms with Crippen LogP contribution in [0.1, 0.15) is 33.8 Å². The molecule has 8 nitrogen and oxygen atoms in total. The highest BCUT2D eigenvalue weighted by molar-refractivity contribution is 7.15. The van der Waals surface area contributed by atoms with Gasteiger partial charge in [-0.1, -0.05) is 53.8 Å². The fourth-order valence-electron chi connectivity index (χ4n) is 3.12. The van der Waals surface area contributed by atoms with Crippen molar-refractivity contribution in [3.63, 3.8) is 0 Å². The molecule has 1 aliphatic rings. The van der Waals surface area contributed by atoms with Gasteiger partial charge in [-0.25, -0.2) is 0 Å². The summed E-state index contributed by atoms with van der Waals surface area (Å²) in [4.78, 5) is 37.0. The summed E-state index contributed by atoms with van der Waals surface area (Å²) in [6, 6.07) is 15.9. The Morgan fingerprint density at radius 1 is 1.03 bits per heavy atom. The van der Waals surface area contributed by atoms with Gasteiger partial charge in [0.2, 0.25) is 16.9 Å². The molecule has 0 fully saturated rings. The predicted molar refractivity (Wildman–Crippen MR) is 113 cm³/mol. The van der Waals surface area contributed by atoms with Crippen LogP contribution in [0.4, 0.5) is 10.8 Å². The van der Waals surface area contributed by atoms with Gasteiger partial charge in [0.15, 0.2) is 0 Å². The number of anilines is 2. The van der Waals surface area contributed by atoms with E-state index in [-0.39, 0.29) is 30.6 Å². The number of amides is 3. The second-order valence-electron chi connectivity index (χ2n) is 6.81. The Hall–Kier alpha value is -3.59. The lowest BCUT2D eigenvalue weighted by molar-refractivity contribution is -0.118. The predicted octanol–water partition coefficient (Wildman–Crippen LogP) is 2.60. The van der Waals surface area contributed by atoms with Crippen LogP contribution in [0, 0.1) is 0 Å². The van der Waals surface area contributed by atoms with Gasteiger partial charge in [-0.15, -0.1) is 10.2 Å². The van der Waals surface area contributed by atoms with Crippen molar-refractivity contribution < 1.29 is 14.4 Å². The molecule has 9 heteroatoms. The first-order chi connectivity index (χ1) is 14.6. The largest absolute Gasteiger partial charge is 0.340 e. The SMILES string of the molecule is O=C(CC[C@H]1NC(=O)c2ccccc2NC1=O)Nc1nnc(Cc2ccccc2)s1. The zero-order valence-corrected chi connectivity index (χ0v) is 16.7. The van der Waals surface area contributed by atoms with Gasteiger partial charge in [0.05, 0.1) is 11.3 Å². The van der Waals surface area contributed by atoms with Crippen LogP contribution in [0.3, 0.4) is 0 Å². The maximum Gasteiger partial charge on any atom is 0.254 e. The molecule has 0 radical (unpaired) electrons. The average molecular weight is 421 g/mol. The van der Waals surface area contributed by atoms with Crippen LogP contribution in [0.25, 0.3) is 0 Å². The third kappa shape index (κ3) is 4.69. The van der Waals surface area contributed by atoms with E-state index in [1.807, 2.05) is 30.3 Å². The summed E-state index contributed by atoms with van der Waals surface area (Å²) in [6.45, 7) is 0. The van der Waals surface area contributed by atoms with Crippen LogP contribution < -0.4 is 16.0 Å². The van der Waals surface area contributed by atoms with E-state index in [9.17, 15) is 14.4 Å². The molecule has 152 valence electrons. The van der Waals surface area contributed by atoms with Crippen LogP contribution >= 0.6 is 11.3 Å². The normalized spacial score (nSPS) is 15.5. The van der Waals surface area contributed by atoms with Crippen LogP contribution in [0.15, 0.2) is 54.6 Å². The molecule has 0 unspecified atom stereocenters. The van der Waals surface area contributed by atoms with Gasteiger partial charge < -0.3 is 16.0 Å². The maximum atomic E-state index is 12.4. The van der Waals surface area contributed by atoms with Gasteiger partial charge >= 0.3 is 0 Å². The number of hydrogen-bond acceptors (Lipinski definition) is 6. The van der Waals surface area contributed by atoms with E-state index in [0.29, 0.717) is 22.8 Å². The molecule has 1 atom stereocenters. The summed E-state index contributed by atoms with van der Waals surface area (Å²) in [5.74, 6) is -0.979. The Kier molecular flexibility index (Phi) is 5.80. The number of rotatable bonds is 6. The third-order valence-electron chi connectivity index (χ3n) is 4.62. The van der Waals surface area contributed by atoms with Crippen molar-refractivity contribution in [3.8, 4) is 0 Å². The number of nitrogens with one attached hydrogen (secondary N) is 3. The van der Waals surface area contributed by atoms with Gasteiger partial charge in [0, 0.05) is 12.8 Å². The third-order valence-corrected chi connectivity index (χ3v) is 5.46. The molecule has 0 spiro atoms. The fourth-order valence-corrected chi connectivity index (χ4v) is 3.91. The number of aromatic nitrogens is 2. The fraction of sp³-hybridized carbons (Fsp3) is 0.190. The van der Waals surface area contributed by atoms with E-state index in [1.54, 1.807) is 24.3 Å². The van der Waals surface area contributed by atoms with E-state index in [2.05, 4.69) is 26.1 Å². The van der Waals surface area contributed by atoms with E-state index in [4.69, 9.17) is 0 Å². The molecule has 2 aromatic carbocycles. The Labute approximate surface area is 176 Å². The molecule has 3 amide bonds. The molecule has 3 N–H and O–H groups in total. The number of para-hydroxylation sites is 1. The van der Waals surface area contributed by atoms with E-state index >= 15 is 0 Å². The highest BCUT2D eigenvalue weighted by atomic mass is 32.1. The van der Waals surface area contributed by atoms with Crippen molar-refractivity contribution in [1.82, 2.24) is 15.5 Å². The summed E-state index contributed by atoms with van der Waals surface area (Å²) in [5, 5.41) is 17.4. The Morgan fingerprint density at radius 2 is 1.80 bits per heavy atom. The second kappa shape index (κ2) is 8.83. The van der Waals surface area contributed by atoms with Gasteiger partial charge in [0.1, 0.15) is 11.0 Å². The minimum Gasteiger partial charge on any atom is -0.340 e. The number of hydrogen-bond donors (Lipinski definition) is 3. The Morgan fingerprint density at radius 3 is 2.63 bits per heavy atom. The minimum atomic E-state index is -0.793. The first kappa shape index (κ1) is 19.7. The molecule has 3 aromatic rings. The summed E-state index contributed by atoms with van der Waals surface area (Å²) < 4.78 is 0. The summed E-state index contributed by atoms with van der Waals surface area (Å²) in [7, 11) is 0. The molecule has 0 aliphatic carbocycles. The summed E-state index contributed by atoms with van der Waals surface area (Å²) >= 11 is 1.31. The monoisotopic (exact) mass is 421 g/mol. The topological polar surface area (TPSA) is 113 Å². The molecular formula is C21H19N5O3S. The van der Waals surface area contributed by atoms with Crippen LogP contribution in [-0.2, 0) is 16.0 Å². The van der Waals surface area contributed by atoms with Gasteiger partial charge in [0.25, 0.3) is 5.91 Å². The second-order valence-corrected chi connectivity index (χ2v) is 7.87. The standard InChI is InChI=1S/C21H19N5O3S/c27-17(24-21-26-25-18(30-21)12-13-6-2-1-3-7-13)11-10-16-20(29)22-15-9-5-4-8-14(15)19(28)23-16/h1-9,16H,10-12H2,(H,22,29)(H,23,28)(H,24,26,27)/t16-/m1/s1. The molecule has 1 aromatic heterocycles. The van der Waals surface area contributed by atoms with Crippen molar-refractivity contribution >= 4 is 39.9 Å². The number of nitrogens with zero attached hydrogens (tertiary/aromatic N) is 2. The first-order valence-corrected chi connectivity index (χ1v) is 10.3. The molecule has 0 bridgehead atoms. The van der Waals surface area contributed by atoms with Crippen LogP contribution in [-0.4, -0.2) is 34.0 Å². The number of benzene rings is 2. The van der Waals surface area contributed by atoms with Crippen molar-refractivity contribution in [3.05, 3.63) is 70.7 Å². The van der Waals surface area contributed by atoms with Crippen molar-refractivity contribution in [2.24, 2.45) is 0 Å². The van der Waals surface area contributed by atoms with Crippen molar-refractivity contribution in [2.75, 3.05) is 10.6 Å². The van der Waals surface area contributed by atoms with E-state index < -0.39 is 6.04 Å². The highest BCUT2D eigenvalue weighted by Gasteiger charge is 2.27. The Bertz CT molecular complexity index is 1080. The van der Waals surface area contributed by atoms with Crippen molar-refractivity contribution in [2.45, 2.75) is 25.3 Å². The van der Waals surface area contributed by atoms with Crippen LogP contribution in [0.2, 0.25) is 0 Å². The lowest BCUT2D eigenvalue weighted by Crippen LogP contribution is -2.41. The number of carbonyl (C=O) groups excluding carboxylic acids is 3. The molecule has 30 heavy (non-hydrogen) atoms. The smallest absolute Gasteiger partial charge is 0.254 e. The van der Waals surface area contributed by atoms with E-state index in [0.717, 1.165) is 10.6 Å². The quantitative estimate of drug-likeness (QED) is 0.566. The molecule has 2 heterocycles. The summed E-state index contributed by atoms with van der Waals surface area (Å²) in [6.07, 6.45) is 0.874. The van der Waals surface area contributed by atoms with Gasteiger partial charge in [-0.3, -0.25) is 14.4 Å². The Balaban J connectivity index is 1.31. The maximum absolute atomic E-state index is 12.4. The number of fused-ring (bicyclic) bond motifs is 1. The highest BCUT2D eigenvalue weighted by Crippen LogP contribution is 2.21. The lowest BCUT2D eigenvalue weighted by Gasteiger charge is -2.13. The zero-order chi connectivity index (χ0) is 20.9. The lowest BCUT2D eigenvalue weighted by atomic mass is 10.1. The van der Waals surface area contributed by atoms with Crippen LogP contribution in [0.5, 0.6) is 0 Å². The van der Waals surface area contributed by atoms with E-state index in [1.165, 1.54) is 11.3 Å². The average Bonchev–Trinajstić information content (AvgIpc) is 3.13. The minimum absolute atomic E-state index is 0.0578. The van der Waals surface area contributed by atoms with Gasteiger partial charge in [-0.2, -0.15) is 0 Å². The molecule has 0 saturated heterocycles. The molecular weight excluding hydrogens is 402 g/mol. The van der Waals surface area contributed by atoms with Crippen molar-refractivity contribution in [1.29, 1.82) is 0 Å². The zero-order valence-electron chi connectivity index (χ0n) is 15.9. The summed E-state index contributed by atoms with van der Waals surface area (Å²) in [5.41, 5.74) is 1.98. The molecule has 1 aliphatic heterocycles. The number of carbonyl (C=O) groups is 3. The van der Waals surface area contributed by atoms with Gasteiger partial charge in [-0.05, 0) is 24.1 Å². The first-order valence-electron chi connectivity index (χ1n) is 9.45. The molecule has 0 saturated carbocycles.